The average Bonchev–Trinajstić information content (AvgIpc) is 2.73. The molecule has 0 bridgehead atoms. The van der Waals surface area contributed by atoms with Crippen LogP contribution in [0.5, 0.6) is 5.75 Å². The molecule has 1 N–H and O–H groups in total. The van der Waals surface area contributed by atoms with E-state index in [0.29, 0.717) is 38.0 Å². The summed E-state index contributed by atoms with van der Waals surface area (Å²) in [6.07, 6.45) is 6.83. The van der Waals surface area contributed by atoms with E-state index >= 15 is 0 Å². The van der Waals surface area contributed by atoms with Gasteiger partial charge in [0.25, 0.3) is 5.91 Å². The van der Waals surface area contributed by atoms with E-state index in [9.17, 15) is 9.59 Å². The molecule has 0 aromatic heterocycles. The Balaban J connectivity index is 1.38. The highest BCUT2D eigenvalue weighted by Gasteiger charge is 2.26. The van der Waals surface area contributed by atoms with Crippen molar-refractivity contribution in [1.82, 2.24) is 15.1 Å². The Kier molecular flexibility index (Phi) is 6.96. The lowest BCUT2D eigenvalue weighted by molar-refractivity contribution is -0.134. The second-order valence-electron chi connectivity index (χ2n) is 7.44. The summed E-state index contributed by atoms with van der Waals surface area (Å²) >= 11 is 0. The van der Waals surface area contributed by atoms with Gasteiger partial charge >= 0.3 is 6.03 Å². The zero-order valence-electron chi connectivity index (χ0n) is 16.3. The molecule has 1 aliphatic carbocycles. The van der Waals surface area contributed by atoms with E-state index in [1.165, 1.54) is 24.8 Å². The standard InChI is InChI=1S/C21H31N3O3/c1-2-17-8-10-19(11-9-17)27-16-20(25)23-12-14-24(15-13-23)21(26)22-18-6-4-3-5-7-18/h8-11,18H,2-7,12-16H2,1H3,(H,22,26). The van der Waals surface area contributed by atoms with Gasteiger partial charge in [-0.1, -0.05) is 38.3 Å². The summed E-state index contributed by atoms with van der Waals surface area (Å²) in [4.78, 5) is 28.4. The maximum absolute atomic E-state index is 12.4. The van der Waals surface area contributed by atoms with Gasteiger partial charge in [-0.3, -0.25) is 4.79 Å². The van der Waals surface area contributed by atoms with Crippen molar-refractivity contribution in [3.63, 3.8) is 0 Å². The van der Waals surface area contributed by atoms with Crippen molar-refractivity contribution in [2.24, 2.45) is 0 Å². The monoisotopic (exact) mass is 373 g/mol. The van der Waals surface area contributed by atoms with Crippen LogP contribution in [0.1, 0.15) is 44.6 Å². The molecule has 6 heteroatoms. The molecule has 3 rings (SSSR count). The van der Waals surface area contributed by atoms with Crippen LogP contribution in [0, 0.1) is 0 Å². The van der Waals surface area contributed by atoms with E-state index in [4.69, 9.17) is 4.74 Å². The minimum atomic E-state index is -0.0260. The number of carbonyl (C=O) groups is 2. The number of ether oxygens (including phenoxy) is 1. The van der Waals surface area contributed by atoms with Crippen molar-refractivity contribution < 1.29 is 14.3 Å². The Labute approximate surface area is 161 Å². The molecule has 1 aliphatic heterocycles. The van der Waals surface area contributed by atoms with Gasteiger partial charge in [-0.15, -0.1) is 0 Å². The fourth-order valence-electron chi connectivity index (χ4n) is 3.73. The van der Waals surface area contributed by atoms with Crippen molar-refractivity contribution in [2.75, 3.05) is 32.8 Å². The number of nitrogens with one attached hydrogen (secondary N) is 1. The van der Waals surface area contributed by atoms with Crippen LogP contribution in [0.2, 0.25) is 0 Å². The van der Waals surface area contributed by atoms with Gasteiger partial charge in [-0.25, -0.2) is 4.79 Å². The van der Waals surface area contributed by atoms with E-state index in [1.54, 1.807) is 4.90 Å². The predicted octanol–water partition coefficient (Wildman–Crippen LogP) is 2.81. The second-order valence-corrected chi connectivity index (χ2v) is 7.44. The number of urea groups is 1. The molecular weight excluding hydrogens is 342 g/mol. The highest BCUT2D eigenvalue weighted by molar-refractivity contribution is 5.79. The molecule has 0 spiro atoms. The fraction of sp³-hybridized carbons (Fsp3) is 0.619. The summed E-state index contributed by atoms with van der Waals surface area (Å²) in [6, 6.07) is 8.17. The van der Waals surface area contributed by atoms with Crippen LogP contribution in [-0.4, -0.2) is 60.6 Å². The number of hydrogen-bond acceptors (Lipinski definition) is 3. The van der Waals surface area contributed by atoms with Crippen molar-refractivity contribution >= 4 is 11.9 Å². The van der Waals surface area contributed by atoms with Gasteiger partial charge in [0.05, 0.1) is 0 Å². The van der Waals surface area contributed by atoms with Gasteiger partial charge in [-0.2, -0.15) is 0 Å². The van der Waals surface area contributed by atoms with Crippen LogP contribution < -0.4 is 10.1 Å². The van der Waals surface area contributed by atoms with Crippen molar-refractivity contribution in [3.05, 3.63) is 29.8 Å². The number of nitrogens with zero attached hydrogens (tertiary/aromatic N) is 2. The average molecular weight is 373 g/mol. The molecule has 0 unspecified atom stereocenters. The largest absolute Gasteiger partial charge is 0.484 e. The molecule has 1 aromatic carbocycles. The summed E-state index contributed by atoms with van der Waals surface area (Å²) in [5.74, 6) is 0.688. The molecule has 2 aliphatic rings. The van der Waals surface area contributed by atoms with E-state index in [1.807, 2.05) is 29.2 Å². The number of amides is 3. The summed E-state index contributed by atoms with van der Waals surface area (Å²) in [7, 11) is 0. The highest BCUT2D eigenvalue weighted by atomic mass is 16.5. The number of rotatable bonds is 5. The van der Waals surface area contributed by atoms with Crippen molar-refractivity contribution in [2.45, 2.75) is 51.5 Å². The molecule has 1 saturated carbocycles. The third-order valence-electron chi connectivity index (χ3n) is 5.55. The molecule has 2 fully saturated rings. The smallest absolute Gasteiger partial charge is 0.317 e. The first-order chi connectivity index (χ1) is 13.2. The zero-order valence-corrected chi connectivity index (χ0v) is 16.3. The molecule has 27 heavy (non-hydrogen) atoms. The van der Waals surface area contributed by atoms with Crippen LogP contribution in [0.25, 0.3) is 0 Å². The van der Waals surface area contributed by atoms with E-state index in [0.717, 1.165) is 19.3 Å². The van der Waals surface area contributed by atoms with Crippen molar-refractivity contribution in [1.29, 1.82) is 0 Å². The van der Waals surface area contributed by atoms with Crippen LogP contribution >= 0.6 is 0 Å². The Morgan fingerprint density at radius 2 is 1.63 bits per heavy atom. The summed E-state index contributed by atoms with van der Waals surface area (Å²) in [5, 5.41) is 3.15. The van der Waals surface area contributed by atoms with Crippen LogP contribution in [-0.2, 0) is 11.2 Å². The molecule has 0 radical (unpaired) electrons. The molecule has 1 heterocycles. The lowest BCUT2D eigenvalue weighted by Crippen LogP contribution is -2.55. The number of aryl methyl sites for hydroxylation is 1. The lowest BCUT2D eigenvalue weighted by atomic mass is 9.96. The third kappa shape index (κ3) is 5.62. The molecular formula is C21H31N3O3. The number of hydrogen-bond donors (Lipinski definition) is 1. The van der Waals surface area contributed by atoms with Crippen LogP contribution in [0.4, 0.5) is 4.79 Å². The van der Waals surface area contributed by atoms with Crippen LogP contribution in [0.15, 0.2) is 24.3 Å². The number of benzene rings is 1. The minimum Gasteiger partial charge on any atom is -0.484 e. The van der Waals surface area contributed by atoms with Crippen LogP contribution in [0.3, 0.4) is 0 Å². The first kappa shape index (κ1) is 19.5. The molecule has 1 aromatic rings. The van der Waals surface area contributed by atoms with E-state index in [2.05, 4.69) is 12.2 Å². The first-order valence-electron chi connectivity index (χ1n) is 10.2. The van der Waals surface area contributed by atoms with Gasteiger partial charge < -0.3 is 19.9 Å². The molecule has 148 valence electrons. The highest BCUT2D eigenvalue weighted by Crippen LogP contribution is 2.18. The minimum absolute atomic E-state index is 0.0151. The second kappa shape index (κ2) is 9.62. The summed E-state index contributed by atoms with van der Waals surface area (Å²) < 4.78 is 5.61. The predicted molar refractivity (Wildman–Crippen MR) is 105 cm³/mol. The zero-order chi connectivity index (χ0) is 19.1. The summed E-state index contributed by atoms with van der Waals surface area (Å²) in [5.41, 5.74) is 1.25. The van der Waals surface area contributed by atoms with Gasteiger partial charge in [0.1, 0.15) is 5.75 Å². The maximum Gasteiger partial charge on any atom is 0.317 e. The number of piperazine rings is 1. The van der Waals surface area contributed by atoms with E-state index < -0.39 is 0 Å². The quantitative estimate of drug-likeness (QED) is 0.863. The van der Waals surface area contributed by atoms with E-state index in [-0.39, 0.29) is 18.5 Å². The Morgan fingerprint density at radius 1 is 1.00 bits per heavy atom. The normalized spacial score (nSPS) is 18.3. The first-order valence-corrected chi connectivity index (χ1v) is 10.2. The van der Waals surface area contributed by atoms with Gasteiger partial charge in [0.15, 0.2) is 6.61 Å². The molecule has 0 atom stereocenters. The van der Waals surface area contributed by atoms with Gasteiger partial charge in [0, 0.05) is 32.2 Å². The molecule has 6 nitrogen and oxygen atoms in total. The Hall–Kier alpha value is -2.24. The Morgan fingerprint density at radius 3 is 2.26 bits per heavy atom. The maximum atomic E-state index is 12.4. The van der Waals surface area contributed by atoms with Gasteiger partial charge in [0.2, 0.25) is 0 Å². The topological polar surface area (TPSA) is 61.9 Å². The fourth-order valence-corrected chi connectivity index (χ4v) is 3.73. The molecule has 1 saturated heterocycles. The lowest BCUT2D eigenvalue weighted by Gasteiger charge is -2.36. The SMILES string of the molecule is CCc1ccc(OCC(=O)N2CCN(C(=O)NC3CCCCC3)CC2)cc1. The third-order valence-corrected chi connectivity index (χ3v) is 5.55. The Bertz CT molecular complexity index is 618. The number of carbonyl (C=O) groups excluding carboxylic acids is 2. The van der Waals surface area contributed by atoms with Gasteiger partial charge in [-0.05, 0) is 37.0 Å². The van der Waals surface area contributed by atoms with Crippen molar-refractivity contribution in [3.8, 4) is 5.75 Å². The molecule has 3 amide bonds. The summed E-state index contributed by atoms with van der Waals surface area (Å²) in [6.45, 7) is 4.43.